The number of carbonyl (C=O) groups excluding carboxylic acids is 3. The monoisotopic (exact) mass is 382 g/mol. The van der Waals surface area contributed by atoms with E-state index in [0.717, 1.165) is 42.6 Å². The van der Waals surface area contributed by atoms with Gasteiger partial charge in [-0.15, -0.1) is 0 Å². The Balaban J connectivity index is 1.28. The highest BCUT2D eigenvalue weighted by Gasteiger charge is 2.40. The predicted octanol–water partition coefficient (Wildman–Crippen LogP) is 0.535. The Bertz CT molecular complexity index is 827. The van der Waals surface area contributed by atoms with Gasteiger partial charge in [0.15, 0.2) is 0 Å². The van der Waals surface area contributed by atoms with Crippen molar-refractivity contribution in [2.24, 2.45) is 11.8 Å². The van der Waals surface area contributed by atoms with E-state index in [4.69, 9.17) is 0 Å². The summed E-state index contributed by atoms with van der Waals surface area (Å²) in [7, 11) is 0. The molecule has 7 heteroatoms. The van der Waals surface area contributed by atoms with Gasteiger partial charge in [0, 0.05) is 31.1 Å². The van der Waals surface area contributed by atoms with Crippen molar-refractivity contribution in [3.8, 4) is 0 Å². The van der Waals surface area contributed by atoms with Gasteiger partial charge in [0.2, 0.25) is 11.8 Å². The topological polar surface area (TPSA) is 90.5 Å². The van der Waals surface area contributed by atoms with Crippen molar-refractivity contribution in [2.45, 2.75) is 50.9 Å². The van der Waals surface area contributed by atoms with Crippen LogP contribution < -0.4 is 16.0 Å². The number of rotatable bonds is 4. The van der Waals surface area contributed by atoms with Crippen molar-refractivity contribution in [3.05, 3.63) is 34.9 Å². The van der Waals surface area contributed by atoms with Crippen LogP contribution in [0.3, 0.4) is 0 Å². The number of amides is 3. The normalized spacial score (nSPS) is 31.9. The number of carbonyl (C=O) groups is 3. The van der Waals surface area contributed by atoms with Crippen molar-refractivity contribution in [1.29, 1.82) is 0 Å². The van der Waals surface area contributed by atoms with Gasteiger partial charge >= 0.3 is 0 Å². The van der Waals surface area contributed by atoms with Crippen LogP contribution in [0.2, 0.25) is 0 Å². The van der Waals surface area contributed by atoms with Gasteiger partial charge in [-0.25, -0.2) is 0 Å². The van der Waals surface area contributed by atoms with Crippen molar-refractivity contribution >= 4 is 17.7 Å². The molecule has 0 radical (unpaired) electrons. The van der Waals surface area contributed by atoms with Crippen LogP contribution in [0, 0.1) is 11.8 Å². The zero-order valence-corrected chi connectivity index (χ0v) is 15.9. The molecule has 148 valence electrons. The lowest BCUT2D eigenvalue weighted by Gasteiger charge is -2.29. The number of hydrogen-bond donors (Lipinski definition) is 3. The SMILES string of the molecule is O=C1CCC(N2Cc3c(CNC4CC5CNCC5C4)cccc3C2=O)C(=O)N1. The molecular weight excluding hydrogens is 356 g/mol. The number of piperidine rings is 1. The summed E-state index contributed by atoms with van der Waals surface area (Å²) in [5.74, 6) is 0.870. The highest BCUT2D eigenvalue weighted by molar-refractivity contribution is 6.05. The van der Waals surface area contributed by atoms with Gasteiger partial charge < -0.3 is 15.5 Å². The van der Waals surface area contributed by atoms with E-state index in [2.05, 4.69) is 22.0 Å². The second-order valence-electron chi connectivity index (χ2n) is 8.57. The first-order valence-electron chi connectivity index (χ1n) is 10.3. The molecule has 0 spiro atoms. The van der Waals surface area contributed by atoms with E-state index >= 15 is 0 Å². The second kappa shape index (κ2) is 6.97. The van der Waals surface area contributed by atoms with Gasteiger partial charge in [0.1, 0.15) is 6.04 Å². The molecule has 1 aliphatic carbocycles. The molecule has 3 amide bonds. The maximum Gasteiger partial charge on any atom is 0.255 e. The Kier molecular flexibility index (Phi) is 4.44. The van der Waals surface area contributed by atoms with Crippen LogP contribution in [0.4, 0.5) is 0 Å². The number of fused-ring (bicyclic) bond motifs is 2. The number of nitrogens with zero attached hydrogens (tertiary/aromatic N) is 1. The average Bonchev–Trinajstić information content (AvgIpc) is 3.34. The molecule has 0 aromatic heterocycles. The number of imide groups is 1. The molecule has 1 saturated carbocycles. The summed E-state index contributed by atoms with van der Waals surface area (Å²) in [4.78, 5) is 38.2. The minimum Gasteiger partial charge on any atom is -0.322 e. The van der Waals surface area contributed by atoms with Crippen LogP contribution in [0.5, 0.6) is 0 Å². The molecule has 7 nitrogen and oxygen atoms in total. The van der Waals surface area contributed by atoms with E-state index in [9.17, 15) is 14.4 Å². The van der Waals surface area contributed by atoms with E-state index in [1.807, 2.05) is 12.1 Å². The summed E-state index contributed by atoms with van der Waals surface area (Å²) in [5, 5.41) is 9.53. The number of benzene rings is 1. The minimum absolute atomic E-state index is 0.104. The van der Waals surface area contributed by atoms with Gasteiger partial charge in [-0.2, -0.15) is 0 Å². The Labute approximate surface area is 164 Å². The predicted molar refractivity (Wildman–Crippen MR) is 102 cm³/mol. The molecule has 3 fully saturated rings. The molecule has 1 aromatic rings. The molecule has 3 aliphatic heterocycles. The fourth-order valence-electron chi connectivity index (χ4n) is 5.40. The van der Waals surface area contributed by atoms with E-state index in [1.54, 1.807) is 4.90 Å². The van der Waals surface area contributed by atoms with Crippen molar-refractivity contribution in [1.82, 2.24) is 20.9 Å². The van der Waals surface area contributed by atoms with Crippen molar-refractivity contribution in [2.75, 3.05) is 13.1 Å². The smallest absolute Gasteiger partial charge is 0.255 e. The van der Waals surface area contributed by atoms with E-state index in [1.165, 1.54) is 12.8 Å². The Morgan fingerprint density at radius 3 is 2.64 bits per heavy atom. The standard InChI is InChI=1S/C21H26N4O3/c26-19-5-4-18(20(27)24-19)25-11-17-12(2-1-3-16(17)21(25)28)10-23-15-6-13-8-22-9-14(13)7-15/h1-3,13-15,18,22-23H,4-11H2,(H,24,26,27). The third kappa shape index (κ3) is 3.02. The lowest BCUT2D eigenvalue weighted by atomic mass is 10.0. The summed E-state index contributed by atoms with van der Waals surface area (Å²) < 4.78 is 0. The quantitative estimate of drug-likeness (QED) is 0.661. The van der Waals surface area contributed by atoms with Gasteiger partial charge in [0.05, 0.1) is 0 Å². The van der Waals surface area contributed by atoms with Crippen molar-refractivity contribution < 1.29 is 14.4 Å². The molecule has 0 bridgehead atoms. The Morgan fingerprint density at radius 2 is 1.89 bits per heavy atom. The number of nitrogens with one attached hydrogen (secondary N) is 3. The highest BCUT2D eigenvalue weighted by atomic mass is 16.2. The van der Waals surface area contributed by atoms with Crippen LogP contribution in [-0.4, -0.2) is 47.8 Å². The molecule has 28 heavy (non-hydrogen) atoms. The molecule has 3 unspecified atom stereocenters. The average molecular weight is 382 g/mol. The van der Waals surface area contributed by atoms with Crippen LogP contribution >= 0.6 is 0 Å². The van der Waals surface area contributed by atoms with Crippen molar-refractivity contribution in [3.63, 3.8) is 0 Å². The molecule has 3 heterocycles. The first-order chi connectivity index (χ1) is 13.6. The zero-order valence-electron chi connectivity index (χ0n) is 15.9. The lowest BCUT2D eigenvalue weighted by molar-refractivity contribution is -0.136. The summed E-state index contributed by atoms with van der Waals surface area (Å²) >= 11 is 0. The van der Waals surface area contributed by atoms with Gasteiger partial charge in [-0.3, -0.25) is 19.7 Å². The molecule has 1 aromatic carbocycles. The molecule has 3 atom stereocenters. The van der Waals surface area contributed by atoms with Crippen LogP contribution in [-0.2, 0) is 22.7 Å². The van der Waals surface area contributed by atoms with Crippen LogP contribution in [0.15, 0.2) is 18.2 Å². The molecule has 4 aliphatic rings. The highest BCUT2D eigenvalue weighted by Crippen LogP contribution is 2.35. The first-order valence-corrected chi connectivity index (χ1v) is 10.3. The van der Waals surface area contributed by atoms with E-state index in [-0.39, 0.29) is 24.1 Å². The maximum atomic E-state index is 12.9. The van der Waals surface area contributed by atoms with Crippen LogP contribution in [0.25, 0.3) is 0 Å². The summed E-state index contributed by atoms with van der Waals surface area (Å²) in [6, 6.07) is 5.83. The van der Waals surface area contributed by atoms with Gasteiger partial charge in [-0.05, 0) is 61.4 Å². The molecule has 2 saturated heterocycles. The fourth-order valence-corrected chi connectivity index (χ4v) is 5.40. The zero-order chi connectivity index (χ0) is 19.3. The van der Waals surface area contributed by atoms with Gasteiger partial charge in [0.25, 0.3) is 5.91 Å². The molecule has 3 N–H and O–H groups in total. The van der Waals surface area contributed by atoms with E-state index < -0.39 is 6.04 Å². The van der Waals surface area contributed by atoms with Gasteiger partial charge in [-0.1, -0.05) is 12.1 Å². The largest absolute Gasteiger partial charge is 0.322 e. The molecule has 5 rings (SSSR count). The summed E-state index contributed by atoms with van der Waals surface area (Å²) in [6.07, 6.45) is 3.11. The summed E-state index contributed by atoms with van der Waals surface area (Å²) in [5.41, 5.74) is 2.84. The fraction of sp³-hybridized carbons (Fsp3) is 0.571. The van der Waals surface area contributed by atoms with Crippen LogP contribution in [0.1, 0.15) is 47.2 Å². The first kappa shape index (κ1) is 17.8. The molecular formula is C21H26N4O3. The lowest BCUT2D eigenvalue weighted by Crippen LogP contribution is -2.52. The number of hydrogen-bond acceptors (Lipinski definition) is 5. The minimum atomic E-state index is -0.555. The third-order valence-electron chi connectivity index (χ3n) is 6.91. The van der Waals surface area contributed by atoms with E-state index in [0.29, 0.717) is 24.6 Å². The maximum absolute atomic E-state index is 12.9. The summed E-state index contributed by atoms with van der Waals surface area (Å²) in [6.45, 7) is 3.47. The third-order valence-corrected chi connectivity index (χ3v) is 6.91. The Hall–Kier alpha value is -2.25. The second-order valence-corrected chi connectivity index (χ2v) is 8.57. The Morgan fingerprint density at radius 1 is 1.11 bits per heavy atom.